The highest BCUT2D eigenvalue weighted by molar-refractivity contribution is 5.01. The van der Waals surface area contributed by atoms with E-state index in [0.29, 0.717) is 11.8 Å². The van der Waals surface area contributed by atoms with Crippen molar-refractivity contribution >= 4 is 0 Å². The molecule has 0 heterocycles. The molecule has 94 valence electrons. The summed E-state index contributed by atoms with van der Waals surface area (Å²) in [4.78, 5) is 0. The smallest absolute Gasteiger partial charge is 0.0576 e. The van der Waals surface area contributed by atoms with Gasteiger partial charge in [0.05, 0.1) is 6.10 Å². The molecule has 0 radical (unpaired) electrons. The van der Waals surface area contributed by atoms with Gasteiger partial charge in [-0.05, 0) is 42.9 Å². The maximum Gasteiger partial charge on any atom is 0.0576 e. The molecule has 1 nitrogen and oxygen atoms in total. The number of rotatable bonds is 4. The van der Waals surface area contributed by atoms with Crippen LogP contribution in [0, 0.1) is 17.3 Å². The fourth-order valence-electron chi connectivity index (χ4n) is 3.16. The van der Waals surface area contributed by atoms with Crippen LogP contribution in [0.1, 0.15) is 59.8 Å². The van der Waals surface area contributed by atoms with E-state index in [-0.39, 0.29) is 11.5 Å². The molecule has 1 N–H and O–H groups in total. The van der Waals surface area contributed by atoms with Gasteiger partial charge in [-0.2, -0.15) is 0 Å². The van der Waals surface area contributed by atoms with E-state index in [0.717, 1.165) is 19.3 Å². The topological polar surface area (TPSA) is 20.2 Å². The van der Waals surface area contributed by atoms with Gasteiger partial charge in [-0.15, -0.1) is 0 Å². The minimum Gasteiger partial charge on any atom is -0.393 e. The summed E-state index contributed by atoms with van der Waals surface area (Å²) in [5.74, 6) is 1.14. The molecule has 1 rings (SSSR count). The minimum atomic E-state index is -0.108. The van der Waals surface area contributed by atoms with Crippen LogP contribution in [0.25, 0.3) is 0 Å². The average molecular weight is 224 g/mol. The van der Waals surface area contributed by atoms with Crippen LogP contribution in [0.2, 0.25) is 0 Å². The van der Waals surface area contributed by atoms with Crippen molar-refractivity contribution in [1.29, 1.82) is 0 Å². The van der Waals surface area contributed by atoms with E-state index in [4.69, 9.17) is 0 Å². The second-order valence-electron chi connectivity index (χ2n) is 6.36. The van der Waals surface area contributed by atoms with E-state index in [2.05, 4.69) is 34.3 Å². The van der Waals surface area contributed by atoms with Crippen LogP contribution < -0.4 is 0 Å². The zero-order valence-electron chi connectivity index (χ0n) is 11.4. The van der Waals surface area contributed by atoms with Gasteiger partial charge in [0.2, 0.25) is 0 Å². The number of hydrogen-bond acceptors (Lipinski definition) is 1. The summed E-state index contributed by atoms with van der Waals surface area (Å²) in [6.45, 7) is 13.1. The Kier molecular flexibility index (Phi) is 4.61. The Morgan fingerprint density at radius 1 is 1.38 bits per heavy atom. The Morgan fingerprint density at radius 2 is 2.00 bits per heavy atom. The first-order valence-corrected chi connectivity index (χ1v) is 6.71. The molecule has 0 aliphatic heterocycles. The van der Waals surface area contributed by atoms with Crippen LogP contribution in [-0.4, -0.2) is 11.2 Å². The maximum absolute atomic E-state index is 10.2. The molecule has 0 spiro atoms. The highest BCUT2D eigenvalue weighted by atomic mass is 16.3. The molecule has 1 saturated carbocycles. The van der Waals surface area contributed by atoms with Crippen molar-refractivity contribution in [2.45, 2.75) is 65.9 Å². The lowest BCUT2D eigenvalue weighted by molar-refractivity contribution is -0.0126. The fourth-order valence-corrected chi connectivity index (χ4v) is 3.16. The zero-order valence-corrected chi connectivity index (χ0v) is 11.4. The van der Waals surface area contributed by atoms with Crippen LogP contribution in [-0.2, 0) is 0 Å². The van der Waals surface area contributed by atoms with Crippen molar-refractivity contribution in [1.82, 2.24) is 0 Å². The third-order valence-corrected chi connectivity index (χ3v) is 4.29. The van der Waals surface area contributed by atoms with Gasteiger partial charge in [-0.1, -0.05) is 46.3 Å². The maximum atomic E-state index is 10.2. The summed E-state index contributed by atoms with van der Waals surface area (Å²) in [5, 5.41) is 10.2. The molecule has 0 bridgehead atoms. The molecule has 1 heteroatoms. The molecule has 0 amide bonds. The molecule has 0 aromatic heterocycles. The average Bonchev–Trinajstić information content (AvgIpc) is 2.16. The number of aliphatic hydroxyl groups is 1. The molecule has 16 heavy (non-hydrogen) atoms. The van der Waals surface area contributed by atoms with E-state index >= 15 is 0 Å². The first-order chi connectivity index (χ1) is 7.36. The van der Waals surface area contributed by atoms with Crippen LogP contribution >= 0.6 is 0 Å². The molecule has 1 aliphatic carbocycles. The molecule has 1 fully saturated rings. The fraction of sp³-hybridized carbons (Fsp3) is 0.867. The number of hydrogen-bond donors (Lipinski definition) is 1. The van der Waals surface area contributed by atoms with Crippen molar-refractivity contribution in [2.75, 3.05) is 0 Å². The highest BCUT2D eigenvalue weighted by Gasteiger charge is 2.37. The SMILES string of the molecule is C=C(CC)CC(C)(C)C1CCC(C)CC1O. The first kappa shape index (κ1) is 13.8. The third kappa shape index (κ3) is 3.35. The molecular weight excluding hydrogens is 196 g/mol. The van der Waals surface area contributed by atoms with Gasteiger partial charge in [0.25, 0.3) is 0 Å². The van der Waals surface area contributed by atoms with E-state index in [9.17, 15) is 5.11 Å². The summed E-state index contributed by atoms with van der Waals surface area (Å²) in [6.07, 6.45) is 5.42. The highest BCUT2D eigenvalue weighted by Crippen LogP contribution is 2.43. The zero-order chi connectivity index (χ0) is 12.3. The molecule has 0 aromatic carbocycles. The van der Waals surface area contributed by atoms with Crippen LogP contribution in [0.15, 0.2) is 12.2 Å². The quantitative estimate of drug-likeness (QED) is 0.711. The van der Waals surface area contributed by atoms with Gasteiger partial charge < -0.3 is 5.11 Å². The minimum absolute atomic E-state index is 0.108. The summed E-state index contributed by atoms with van der Waals surface area (Å²) in [6, 6.07) is 0. The van der Waals surface area contributed by atoms with Gasteiger partial charge in [0.1, 0.15) is 0 Å². The largest absolute Gasteiger partial charge is 0.393 e. The third-order valence-electron chi connectivity index (χ3n) is 4.29. The lowest BCUT2D eigenvalue weighted by atomic mass is 9.65. The second-order valence-corrected chi connectivity index (χ2v) is 6.36. The van der Waals surface area contributed by atoms with Gasteiger partial charge in [-0.25, -0.2) is 0 Å². The summed E-state index contributed by atoms with van der Waals surface area (Å²) >= 11 is 0. The standard InChI is InChI=1S/C15H28O/c1-6-11(2)10-15(4,5)13-8-7-12(3)9-14(13)16/h12-14,16H,2,6-10H2,1,3-5H3. The van der Waals surface area contributed by atoms with Gasteiger partial charge in [0, 0.05) is 0 Å². The van der Waals surface area contributed by atoms with Crippen LogP contribution in [0.5, 0.6) is 0 Å². The van der Waals surface area contributed by atoms with E-state index in [1.165, 1.54) is 18.4 Å². The van der Waals surface area contributed by atoms with E-state index < -0.39 is 0 Å². The Hall–Kier alpha value is -0.300. The van der Waals surface area contributed by atoms with Gasteiger partial charge >= 0.3 is 0 Å². The van der Waals surface area contributed by atoms with Crippen molar-refractivity contribution in [2.24, 2.45) is 17.3 Å². The number of allylic oxidation sites excluding steroid dienone is 1. The van der Waals surface area contributed by atoms with Crippen molar-refractivity contribution in [3.63, 3.8) is 0 Å². The molecular formula is C15H28O. The molecule has 0 saturated heterocycles. The summed E-state index contributed by atoms with van der Waals surface area (Å²) < 4.78 is 0. The monoisotopic (exact) mass is 224 g/mol. The van der Waals surface area contributed by atoms with E-state index in [1.807, 2.05) is 0 Å². The molecule has 0 aromatic rings. The van der Waals surface area contributed by atoms with Crippen LogP contribution in [0.4, 0.5) is 0 Å². The van der Waals surface area contributed by atoms with Crippen LogP contribution in [0.3, 0.4) is 0 Å². The van der Waals surface area contributed by atoms with E-state index in [1.54, 1.807) is 0 Å². The lowest BCUT2D eigenvalue weighted by Crippen LogP contribution is -2.38. The number of aliphatic hydroxyl groups excluding tert-OH is 1. The predicted octanol–water partition coefficient (Wildman–Crippen LogP) is 4.17. The lowest BCUT2D eigenvalue weighted by Gasteiger charge is -2.42. The first-order valence-electron chi connectivity index (χ1n) is 6.71. The Balaban J connectivity index is 2.63. The summed E-state index contributed by atoms with van der Waals surface area (Å²) in [7, 11) is 0. The van der Waals surface area contributed by atoms with Gasteiger partial charge in [-0.3, -0.25) is 0 Å². The van der Waals surface area contributed by atoms with Crippen molar-refractivity contribution in [3.8, 4) is 0 Å². The van der Waals surface area contributed by atoms with Crippen molar-refractivity contribution < 1.29 is 5.11 Å². The van der Waals surface area contributed by atoms with Crippen molar-refractivity contribution in [3.05, 3.63) is 12.2 Å². The normalized spacial score (nSPS) is 31.4. The summed E-state index contributed by atoms with van der Waals surface area (Å²) in [5.41, 5.74) is 1.52. The predicted molar refractivity (Wildman–Crippen MR) is 70.3 cm³/mol. The second kappa shape index (κ2) is 5.35. The Bertz CT molecular complexity index is 242. The molecule has 1 aliphatic rings. The van der Waals surface area contributed by atoms with Gasteiger partial charge in [0.15, 0.2) is 0 Å². The molecule has 3 atom stereocenters. The Morgan fingerprint density at radius 3 is 2.50 bits per heavy atom. The molecule has 3 unspecified atom stereocenters. The Labute approximate surface area is 101 Å².